The number of imidazole rings is 1. The molecule has 0 aliphatic carbocycles. The van der Waals surface area contributed by atoms with Crippen LogP contribution in [0.2, 0.25) is 0 Å². The summed E-state index contributed by atoms with van der Waals surface area (Å²) in [4.78, 5) is 4.34. The van der Waals surface area contributed by atoms with E-state index in [0.29, 0.717) is 6.10 Å². The fourth-order valence-electron chi connectivity index (χ4n) is 3.08. The van der Waals surface area contributed by atoms with Crippen LogP contribution in [0.5, 0.6) is 0 Å². The lowest BCUT2D eigenvalue weighted by molar-refractivity contribution is 0.0837. The van der Waals surface area contributed by atoms with Crippen molar-refractivity contribution >= 4 is 0 Å². The first-order valence-electron chi connectivity index (χ1n) is 6.08. The van der Waals surface area contributed by atoms with Gasteiger partial charge in [0.05, 0.1) is 12.2 Å². The van der Waals surface area contributed by atoms with Crippen LogP contribution < -0.4 is 5.73 Å². The lowest BCUT2D eigenvalue weighted by Gasteiger charge is -2.30. The van der Waals surface area contributed by atoms with E-state index in [4.69, 9.17) is 10.5 Å². The van der Waals surface area contributed by atoms with Crippen molar-refractivity contribution in [2.75, 3.05) is 0 Å². The number of hydrogen-bond acceptors (Lipinski definition) is 3. The number of hydrogen-bond donors (Lipinski definition) is 1. The Morgan fingerprint density at radius 1 is 1.62 bits per heavy atom. The topological polar surface area (TPSA) is 53.1 Å². The van der Waals surface area contributed by atoms with Gasteiger partial charge in [0.25, 0.3) is 0 Å². The molecule has 2 aliphatic heterocycles. The molecule has 0 spiro atoms. The van der Waals surface area contributed by atoms with E-state index >= 15 is 0 Å². The maximum atomic E-state index is 6.45. The Kier molecular flexibility index (Phi) is 2.30. The van der Waals surface area contributed by atoms with Gasteiger partial charge in [-0.3, -0.25) is 0 Å². The van der Waals surface area contributed by atoms with Crippen LogP contribution in [0.4, 0.5) is 0 Å². The average molecular weight is 221 g/mol. The van der Waals surface area contributed by atoms with E-state index in [2.05, 4.69) is 9.55 Å². The Balaban J connectivity index is 1.65. The molecule has 3 unspecified atom stereocenters. The molecule has 2 N–H and O–H groups in total. The lowest BCUT2D eigenvalue weighted by Crippen LogP contribution is -2.49. The van der Waals surface area contributed by atoms with Gasteiger partial charge in [0.1, 0.15) is 5.82 Å². The van der Waals surface area contributed by atoms with Crippen molar-refractivity contribution in [2.24, 2.45) is 12.8 Å². The van der Waals surface area contributed by atoms with Crippen molar-refractivity contribution in [1.29, 1.82) is 0 Å². The molecule has 0 amide bonds. The minimum atomic E-state index is -0.102. The molecule has 3 heterocycles. The number of rotatable bonds is 3. The number of nitrogens with two attached hydrogens (primary N) is 1. The highest BCUT2D eigenvalue weighted by molar-refractivity contribution is 5.06. The van der Waals surface area contributed by atoms with E-state index < -0.39 is 0 Å². The number of nitrogens with zero attached hydrogens (tertiary/aromatic N) is 2. The molecule has 1 aromatic rings. The van der Waals surface area contributed by atoms with Crippen LogP contribution in [0.3, 0.4) is 0 Å². The molecule has 0 radical (unpaired) electrons. The van der Waals surface area contributed by atoms with Gasteiger partial charge in [0.15, 0.2) is 0 Å². The summed E-state index contributed by atoms with van der Waals surface area (Å²) in [5.74, 6) is 1.12. The molecule has 3 atom stereocenters. The highest BCUT2D eigenvalue weighted by Crippen LogP contribution is 2.42. The largest absolute Gasteiger partial charge is 0.373 e. The van der Waals surface area contributed by atoms with Crippen molar-refractivity contribution < 1.29 is 4.74 Å². The summed E-state index contributed by atoms with van der Waals surface area (Å²) in [6.07, 6.45) is 9.85. The van der Waals surface area contributed by atoms with Crippen LogP contribution in [0.1, 0.15) is 31.5 Å². The van der Waals surface area contributed by atoms with Crippen LogP contribution in [0.15, 0.2) is 12.4 Å². The molecule has 4 nitrogen and oxygen atoms in total. The van der Waals surface area contributed by atoms with E-state index in [9.17, 15) is 0 Å². The molecule has 88 valence electrons. The first kappa shape index (κ1) is 10.3. The molecule has 2 aliphatic rings. The highest BCUT2D eigenvalue weighted by atomic mass is 16.5. The van der Waals surface area contributed by atoms with Gasteiger partial charge in [-0.1, -0.05) is 0 Å². The minimum Gasteiger partial charge on any atom is -0.373 e. The van der Waals surface area contributed by atoms with E-state index in [-0.39, 0.29) is 11.6 Å². The second kappa shape index (κ2) is 3.57. The third-order valence-corrected chi connectivity index (χ3v) is 4.09. The zero-order chi connectivity index (χ0) is 11.2. The molecular formula is C12H19N3O. The highest BCUT2D eigenvalue weighted by Gasteiger charge is 2.49. The molecule has 0 saturated carbocycles. The fraction of sp³-hybridized carbons (Fsp3) is 0.750. The number of aryl methyl sites for hydroxylation is 2. The van der Waals surface area contributed by atoms with Gasteiger partial charge in [-0.25, -0.2) is 4.98 Å². The summed E-state index contributed by atoms with van der Waals surface area (Å²) in [7, 11) is 2.03. The Morgan fingerprint density at radius 3 is 3.06 bits per heavy atom. The molecule has 4 heteroatoms. The SMILES string of the molecule is Cn1ccnc1CCC1(N)CC2CCC1O2. The van der Waals surface area contributed by atoms with E-state index in [1.165, 1.54) is 6.42 Å². The standard InChI is InChI=1S/C12H19N3O/c1-15-7-6-14-11(15)4-5-12(13)8-9-2-3-10(12)16-9/h6-7,9-10H,2-5,8,13H2,1H3. The number of aromatic nitrogens is 2. The van der Waals surface area contributed by atoms with Crippen LogP contribution in [0.25, 0.3) is 0 Å². The third-order valence-electron chi connectivity index (χ3n) is 4.09. The molecule has 2 saturated heterocycles. The molecule has 2 bridgehead atoms. The van der Waals surface area contributed by atoms with Crippen LogP contribution in [0, 0.1) is 0 Å². The fourth-order valence-corrected chi connectivity index (χ4v) is 3.08. The van der Waals surface area contributed by atoms with Crippen LogP contribution in [-0.2, 0) is 18.2 Å². The molecule has 2 fully saturated rings. The second-order valence-corrected chi connectivity index (χ2v) is 5.22. The molecule has 3 rings (SSSR count). The summed E-state index contributed by atoms with van der Waals surface area (Å²) in [5, 5.41) is 0. The predicted molar refractivity (Wildman–Crippen MR) is 61.0 cm³/mol. The van der Waals surface area contributed by atoms with Crippen molar-refractivity contribution in [3.8, 4) is 0 Å². The summed E-state index contributed by atoms with van der Waals surface area (Å²) >= 11 is 0. The molecule has 1 aromatic heterocycles. The van der Waals surface area contributed by atoms with Crippen molar-refractivity contribution in [3.05, 3.63) is 18.2 Å². The average Bonchev–Trinajstić information content (AvgIpc) is 2.91. The zero-order valence-electron chi connectivity index (χ0n) is 9.72. The van der Waals surface area contributed by atoms with Crippen LogP contribution >= 0.6 is 0 Å². The number of fused-ring (bicyclic) bond motifs is 2. The van der Waals surface area contributed by atoms with Gasteiger partial charge >= 0.3 is 0 Å². The van der Waals surface area contributed by atoms with E-state index in [0.717, 1.165) is 31.5 Å². The third kappa shape index (κ3) is 1.57. The molecular weight excluding hydrogens is 202 g/mol. The lowest BCUT2D eigenvalue weighted by atomic mass is 9.79. The monoisotopic (exact) mass is 221 g/mol. The maximum absolute atomic E-state index is 6.45. The van der Waals surface area contributed by atoms with Gasteiger partial charge in [0.2, 0.25) is 0 Å². The summed E-state index contributed by atoms with van der Waals surface area (Å²) in [5.41, 5.74) is 6.35. The normalized spacial score (nSPS) is 37.1. The van der Waals surface area contributed by atoms with Crippen molar-refractivity contribution in [2.45, 2.75) is 49.9 Å². The Labute approximate surface area is 95.8 Å². The van der Waals surface area contributed by atoms with Gasteiger partial charge < -0.3 is 15.0 Å². The smallest absolute Gasteiger partial charge is 0.108 e. The van der Waals surface area contributed by atoms with Crippen molar-refractivity contribution in [3.63, 3.8) is 0 Å². The van der Waals surface area contributed by atoms with Crippen molar-refractivity contribution in [1.82, 2.24) is 9.55 Å². The minimum absolute atomic E-state index is 0.102. The molecule has 16 heavy (non-hydrogen) atoms. The zero-order valence-corrected chi connectivity index (χ0v) is 9.72. The first-order chi connectivity index (χ1) is 7.67. The summed E-state index contributed by atoms with van der Waals surface area (Å²) in [6.45, 7) is 0. The molecule has 0 aromatic carbocycles. The Hall–Kier alpha value is -0.870. The van der Waals surface area contributed by atoms with Crippen LogP contribution in [-0.4, -0.2) is 27.3 Å². The first-order valence-corrected chi connectivity index (χ1v) is 6.08. The van der Waals surface area contributed by atoms with Gasteiger partial charge in [0, 0.05) is 31.4 Å². The van der Waals surface area contributed by atoms with Gasteiger partial charge in [-0.2, -0.15) is 0 Å². The predicted octanol–water partition coefficient (Wildman–Crippen LogP) is 1.00. The Bertz CT molecular complexity index is 389. The quantitative estimate of drug-likeness (QED) is 0.828. The summed E-state index contributed by atoms with van der Waals surface area (Å²) in [6, 6.07) is 0. The van der Waals surface area contributed by atoms with Gasteiger partial charge in [-0.15, -0.1) is 0 Å². The Morgan fingerprint density at radius 2 is 2.50 bits per heavy atom. The second-order valence-electron chi connectivity index (χ2n) is 5.22. The maximum Gasteiger partial charge on any atom is 0.108 e. The number of ether oxygens (including phenoxy) is 1. The van der Waals surface area contributed by atoms with E-state index in [1.54, 1.807) is 0 Å². The van der Waals surface area contributed by atoms with Gasteiger partial charge in [-0.05, 0) is 25.7 Å². The van der Waals surface area contributed by atoms with E-state index in [1.807, 2.05) is 19.4 Å². The summed E-state index contributed by atoms with van der Waals surface area (Å²) < 4.78 is 7.90.